The Bertz CT molecular complexity index is 1280. The number of aryl methyl sites for hydroxylation is 1. The minimum absolute atomic E-state index is 0.0349. The van der Waals surface area contributed by atoms with Crippen LogP contribution in [0.5, 0.6) is 0 Å². The average Bonchev–Trinajstić information content (AvgIpc) is 3.36. The Hall–Kier alpha value is -3.18. The largest absolute Gasteiger partial charge is 0.444 e. The van der Waals surface area contributed by atoms with Crippen LogP contribution in [0.4, 0.5) is 9.93 Å². The van der Waals surface area contributed by atoms with Crippen molar-refractivity contribution in [1.29, 1.82) is 0 Å². The molecule has 11 heteroatoms. The number of imidazole rings is 1. The van der Waals surface area contributed by atoms with Gasteiger partial charge in [-0.25, -0.2) is 14.6 Å². The third kappa shape index (κ3) is 6.09. The zero-order valence-corrected chi connectivity index (χ0v) is 21.2. The van der Waals surface area contributed by atoms with Crippen LogP contribution in [0, 0.1) is 5.92 Å². The number of hydrogen-bond donors (Lipinski definition) is 2. The molecule has 4 rings (SSSR count). The van der Waals surface area contributed by atoms with E-state index >= 15 is 0 Å². The number of hydrogen-bond acceptors (Lipinski definition) is 7. The Kier molecular flexibility index (Phi) is 7.27. The number of ether oxygens (including phenoxy) is 2. The fraction of sp³-hybridized carbons (Fsp3) is 0.500. The van der Waals surface area contributed by atoms with E-state index in [1.807, 2.05) is 28.1 Å². The molecule has 1 fully saturated rings. The summed E-state index contributed by atoms with van der Waals surface area (Å²) in [5, 5.41) is 7.39. The summed E-state index contributed by atoms with van der Waals surface area (Å²) in [4.78, 5) is 41.4. The van der Waals surface area contributed by atoms with Crippen LogP contribution >= 0.6 is 11.3 Å². The van der Waals surface area contributed by atoms with Gasteiger partial charge in [0, 0.05) is 37.7 Å². The molecule has 0 saturated carbocycles. The number of anilines is 1. The van der Waals surface area contributed by atoms with E-state index in [1.165, 1.54) is 11.3 Å². The van der Waals surface area contributed by atoms with Crippen LogP contribution in [0.3, 0.4) is 0 Å². The maximum atomic E-state index is 12.9. The lowest BCUT2D eigenvalue weighted by Gasteiger charge is -2.22. The molecule has 3 aromatic rings. The average molecular weight is 502 g/mol. The summed E-state index contributed by atoms with van der Waals surface area (Å²) < 4.78 is 14.1. The number of aromatic nitrogens is 3. The van der Waals surface area contributed by atoms with Gasteiger partial charge in [0.25, 0.3) is 0 Å². The lowest BCUT2D eigenvalue weighted by molar-refractivity contribution is -0.115. The predicted molar refractivity (Wildman–Crippen MR) is 135 cm³/mol. The number of thiazole rings is 1. The Labute approximate surface area is 207 Å². The molecule has 0 bridgehead atoms. The first kappa shape index (κ1) is 24.9. The van der Waals surface area contributed by atoms with Crippen molar-refractivity contribution in [1.82, 2.24) is 19.4 Å². The molecule has 0 spiro atoms. The highest BCUT2D eigenvalue weighted by Gasteiger charge is 2.20. The number of nitrogens with zero attached hydrogens (tertiary/aromatic N) is 3. The molecule has 3 heterocycles. The van der Waals surface area contributed by atoms with Gasteiger partial charge in [-0.2, -0.15) is 0 Å². The lowest BCUT2D eigenvalue weighted by atomic mass is 10.0. The van der Waals surface area contributed by atoms with Crippen molar-refractivity contribution in [2.24, 2.45) is 13.0 Å². The maximum absolute atomic E-state index is 12.9. The van der Waals surface area contributed by atoms with E-state index < -0.39 is 17.6 Å². The van der Waals surface area contributed by atoms with Crippen molar-refractivity contribution in [3.05, 3.63) is 34.1 Å². The second-order valence-corrected chi connectivity index (χ2v) is 10.5. The Morgan fingerprint density at radius 2 is 1.97 bits per heavy atom. The number of alkyl carbamates (subject to hydrolysis) is 1. The standard InChI is InChI=1S/C24H31N5O5S/c1-24(2,3)34-22(31)25-12-20(30)27-21-26-17(14-35-21)16-5-6-18-19(11-16)29(23(32)28(18)4)13-15-7-9-33-10-8-15/h5-6,11,14-15H,7-10,12-13H2,1-4H3,(H,25,31)(H,26,27,30). The highest BCUT2D eigenvalue weighted by molar-refractivity contribution is 7.14. The summed E-state index contributed by atoms with van der Waals surface area (Å²) in [5.74, 6) is 0.00616. The number of carbonyl (C=O) groups is 2. The number of nitrogens with one attached hydrogen (secondary N) is 2. The van der Waals surface area contributed by atoms with Crippen LogP contribution in [-0.2, 0) is 27.9 Å². The van der Waals surface area contributed by atoms with Gasteiger partial charge in [-0.05, 0) is 51.7 Å². The van der Waals surface area contributed by atoms with Crippen LogP contribution in [0.25, 0.3) is 22.3 Å². The van der Waals surface area contributed by atoms with E-state index in [1.54, 1.807) is 32.4 Å². The summed E-state index contributed by atoms with van der Waals surface area (Å²) >= 11 is 1.29. The molecule has 2 N–H and O–H groups in total. The van der Waals surface area contributed by atoms with E-state index in [4.69, 9.17) is 9.47 Å². The molecule has 0 atom stereocenters. The molecule has 0 aliphatic carbocycles. The van der Waals surface area contributed by atoms with E-state index in [0.717, 1.165) is 42.7 Å². The second-order valence-electron chi connectivity index (χ2n) is 9.65. The minimum Gasteiger partial charge on any atom is -0.444 e. The molecule has 10 nitrogen and oxygen atoms in total. The maximum Gasteiger partial charge on any atom is 0.408 e. The summed E-state index contributed by atoms with van der Waals surface area (Å²) in [5.41, 5.74) is 2.60. The number of carbonyl (C=O) groups excluding carboxylic acids is 2. The van der Waals surface area contributed by atoms with Crippen molar-refractivity contribution >= 4 is 39.5 Å². The quantitative estimate of drug-likeness (QED) is 0.535. The van der Waals surface area contributed by atoms with E-state index in [0.29, 0.717) is 23.3 Å². The third-order valence-corrected chi connectivity index (χ3v) is 6.52. The zero-order chi connectivity index (χ0) is 25.2. The SMILES string of the molecule is Cn1c(=O)n(CC2CCOCC2)c2cc(-c3csc(NC(=O)CNC(=O)OC(C)(C)C)n3)ccc21. The fourth-order valence-electron chi connectivity index (χ4n) is 4.03. The number of amides is 2. The van der Waals surface area contributed by atoms with Gasteiger partial charge < -0.3 is 20.1 Å². The van der Waals surface area contributed by atoms with Crippen molar-refractivity contribution in [3.8, 4) is 11.3 Å². The Morgan fingerprint density at radius 1 is 1.23 bits per heavy atom. The second kappa shape index (κ2) is 10.2. The minimum atomic E-state index is -0.657. The number of benzene rings is 1. The van der Waals surface area contributed by atoms with Gasteiger partial charge in [-0.15, -0.1) is 11.3 Å². The molecule has 2 aromatic heterocycles. The highest BCUT2D eigenvalue weighted by atomic mass is 32.1. The third-order valence-electron chi connectivity index (χ3n) is 5.77. The zero-order valence-electron chi connectivity index (χ0n) is 20.4. The smallest absolute Gasteiger partial charge is 0.408 e. The van der Waals surface area contributed by atoms with Crippen molar-refractivity contribution < 1.29 is 19.1 Å². The Balaban J connectivity index is 1.47. The molecular weight excluding hydrogens is 470 g/mol. The molecule has 35 heavy (non-hydrogen) atoms. The molecule has 1 saturated heterocycles. The topological polar surface area (TPSA) is 116 Å². The summed E-state index contributed by atoms with van der Waals surface area (Å²) in [6.45, 7) is 7.15. The van der Waals surface area contributed by atoms with E-state index in [9.17, 15) is 14.4 Å². The number of rotatable bonds is 6. The van der Waals surface area contributed by atoms with Gasteiger partial charge >= 0.3 is 11.8 Å². The summed E-state index contributed by atoms with van der Waals surface area (Å²) in [6, 6.07) is 5.82. The van der Waals surface area contributed by atoms with Crippen molar-refractivity contribution in [3.63, 3.8) is 0 Å². The van der Waals surface area contributed by atoms with Gasteiger partial charge in [0.15, 0.2) is 5.13 Å². The van der Waals surface area contributed by atoms with Gasteiger partial charge in [-0.1, -0.05) is 6.07 Å². The summed E-state index contributed by atoms with van der Waals surface area (Å²) in [6.07, 6.45) is 1.23. The molecular formula is C24H31N5O5S. The molecule has 1 aliphatic rings. The summed E-state index contributed by atoms with van der Waals surface area (Å²) in [7, 11) is 1.78. The normalized spacial score (nSPS) is 14.7. The molecule has 1 aromatic carbocycles. The monoisotopic (exact) mass is 501 g/mol. The van der Waals surface area contributed by atoms with Crippen LogP contribution in [0.15, 0.2) is 28.4 Å². The van der Waals surface area contributed by atoms with Crippen LogP contribution in [0.2, 0.25) is 0 Å². The molecule has 188 valence electrons. The van der Waals surface area contributed by atoms with Gasteiger partial charge in [0.05, 0.1) is 16.7 Å². The lowest BCUT2D eigenvalue weighted by Crippen LogP contribution is -2.37. The van der Waals surface area contributed by atoms with Crippen LogP contribution < -0.4 is 16.3 Å². The first-order chi connectivity index (χ1) is 16.6. The molecule has 0 radical (unpaired) electrons. The highest BCUT2D eigenvalue weighted by Crippen LogP contribution is 2.28. The predicted octanol–water partition coefficient (Wildman–Crippen LogP) is 3.35. The van der Waals surface area contributed by atoms with Gasteiger partial charge in [-0.3, -0.25) is 13.9 Å². The van der Waals surface area contributed by atoms with Gasteiger partial charge in [0.2, 0.25) is 5.91 Å². The molecule has 1 aliphatic heterocycles. The molecule has 0 unspecified atom stereocenters. The van der Waals surface area contributed by atoms with Crippen LogP contribution in [-0.4, -0.2) is 51.5 Å². The Morgan fingerprint density at radius 3 is 2.69 bits per heavy atom. The first-order valence-corrected chi connectivity index (χ1v) is 12.5. The fourth-order valence-corrected chi connectivity index (χ4v) is 4.76. The van der Waals surface area contributed by atoms with Crippen molar-refractivity contribution in [2.75, 3.05) is 25.1 Å². The van der Waals surface area contributed by atoms with Crippen LogP contribution in [0.1, 0.15) is 33.6 Å². The molecule has 2 amide bonds. The number of fused-ring (bicyclic) bond motifs is 1. The van der Waals surface area contributed by atoms with Crippen molar-refractivity contribution in [2.45, 2.75) is 45.8 Å². The first-order valence-electron chi connectivity index (χ1n) is 11.6. The van der Waals surface area contributed by atoms with E-state index in [2.05, 4.69) is 15.6 Å². The van der Waals surface area contributed by atoms with E-state index in [-0.39, 0.29) is 12.2 Å². The van der Waals surface area contributed by atoms with Gasteiger partial charge in [0.1, 0.15) is 12.1 Å².